The molecule has 2 N–H and O–H groups in total. The first-order valence-electron chi connectivity index (χ1n) is 10.3. The van der Waals surface area contributed by atoms with Crippen LogP contribution in [0.15, 0.2) is 66.2 Å². The second kappa shape index (κ2) is 12.5. The van der Waals surface area contributed by atoms with Crippen LogP contribution in [0.1, 0.15) is 31.8 Å². The second-order valence-electron chi connectivity index (χ2n) is 7.30. The van der Waals surface area contributed by atoms with Crippen molar-refractivity contribution in [2.75, 3.05) is 12.4 Å². The van der Waals surface area contributed by atoms with Crippen molar-refractivity contribution in [3.63, 3.8) is 0 Å². The topological polar surface area (TPSA) is 126 Å². The maximum absolute atomic E-state index is 12.6. The SMILES string of the molecule is COC(=O)c1ccc(NC(=O)/C(C#N)=C/c2cc(I)c(OCc3ccc(C(=O)O)cc3)c(I)c2)cc1. The van der Waals surface area contributed by atoms with E-state index in [0.717, 1.165) is 12.7 Å². The molecule has 0 saturated heterocycles. The Labute approximate surface area is 234 Å². The summed E-state index contributed by atoms with van der Waals surface area (Å²) in [5, 5.41) is 21.2. The molecular formula is C26H18I2N2O6. The molecule has 1 amide bonds. The number of rotatable bonds is 8. The molecule has 0 aromatic heterocycles. The van der Waals surface area contributed by atoms with Gasteiger partial charge in [0.05, 0.1) is 25.4 Å². The van der Waals surface area contributed by atoms with Gasteiger partial charge in [-0.1, -0.05) is 12.1 Å². The summed E-state index contributed by atoms with van der Waals surface area (Å²) in [6.07, 6.45) is 1.48. The highest BCUT2D eigenvalue weighted by atomic mass is 127. The summed E-state index contributed by atoms with van der Waals surface area (Å²) in [5.74, 6) is -1.42. The number of methoxy groups -OCH3 is 1. The van der Waals surface area contributed by atoms with Gasteiger partial charge in [0.25, 0.3) is 5.91 Å². The molecule has 8 nitrogen and oxygen atoms in total. The zero-order chi connectivity index (χ0) is 26.2. The number of carbonyl (C=O) groups excluding carboxylic acids is 2. The number of esters is 1. The molecule has 0 aliphatic heterocycles. The van der Waals surface area contributed by atoms with Crippen molar-refractivity contribution >= 4 is 74.8 Å². The number of amides is 1. The van der Waals surface area contributed by atoms with E-state index in [1.54, 1.807) is 36.4 Å². The lowest BCUT2D eigenvalue weighted by atomic mass is 10.1. The number of hydrogen-bond acceptors (Lipinski definition) is 6. The normalized spacial score (nSPS) is 10.8. The van der Waals surface area contributed by atoms with E-state index in [2.05, 4.69) is 55.2 Å². The van der Waals surface area contributed by atoms with Gasteiger partial charge in [0, 0.05) is 5.69 Å². The number of carboxylic acid groups (broad SMARTS) is 1. The molecular weight excluding hydrogens is 690 g/mol. The first kappa shape index (κ1) is 27.2. The summed E-state index contributed by atoms with van der Waals surface area (Å²) in [4.78, 5) is 35.2. The third-order valence-corrected chi connectivity index (χ3v) is 6.45. The quantitative estimate of drug-likeness (QED) is 0.137. The number of nitriles is 1. The second-order valence-corrected chi connectivity index (χ2v) is 9.62. The summed E-state index contributed by atoms with van der Waals surface area (Å²) in [6, 6.07) is 18.1. The number of carboxylic acids is 1. The van der Waals surface area contributed by atoms with Crippen LogP contribution in [-0.4, -0.2) is 30.1 Å². The lowest BCUT2D eigenvalue weighted by molar-refractivity contribution is -0.112. The third kappa shape index (κ3) is 7.05. The Morgan fingerprint density at radius 2 is 1.58 bits per heavy atom. The standard InChI is InChI=1S/C26H18I2N2O6/c1-35-26(34)18-6-8-20(9-7-18)30-24(31)19(13-29)10-16-11-21(27)23(22(28)12-16)36-14-15-2-4-17(5-3-15)25(32)33/h2-12H,14H2,1H3,(H,30,31)(H,32,33)/b19-10+. The number of carbonyl (C=O) groups is 3. The highest BCUT2D eigenvalue weighted by Gasteiger charge is 2.14. The van der Waals surface area contributed by atoms with Gasteiger partial charge < -0.3 is 19.9 Å². The Bertz CT molecular complexity index is 1350. The first-order chi connectivity index (χ1) is 17.2. The van der Waals surface area contributed by atoms with Crippen LogP contribution >= 0.6 is 45.2 Å². The molecule has 3 aromatic rings. The van der Waals surface area contributed by atoms with Crippen molar-refractivity contribution in [2.45, 2.75) is 6.61 Å². The molecule has 3 aromatic carbocycles. The van der Waals surface area contributed by atoms with Crippen LogP contribution in [0.3, 0.4) is 0 Å². The van der Waals surface area contributed by atoms with Crippen molar-refractivity contribution < 1.29 is 29.0 Å². The van der Waals surface area contributed by atoms with Gasteiger partial charge in [0.15, 0.2) is 0 Å². The van der Waals surface area contributed by atoms with Gasteiger partial charge in [0.1, 0.15) is 24.0 Å². The zero-order valence-electron chi connectivity index (χ0n) is 18.7. The van der Waals surface area contributed by atoms with E-state index in [0.29, 0.717) is 22.6 Å². The Morgan fingerprint density at radius 3 is 2.11 bits per heavy atom. The number of halogens is 2. The molecule has 0 atom stereocenters. The number of nitrogens with one attached hydrogen (secondary N) is 1. The molecule has 182 valence electrons. The molecule has 3 rings (SSSR count). The van der Waals surface area contributed by atoms with Crippen molar-refractivity contribution in [3.8, 4) is 11.8 Å². The highest BCUT2D eigenvalue weighted by Crippen LogP contribution is 2.30. The predicted octanol–water partition coefficient (Wildman–Crippen LogP) is 5.51. The van der Waals surface area contributed by atoms with Gasteiger partial charge >= 0.3 is 11.9 Å². The van der Waals surface area contributed by atoms with Crippen LogP contribution in [0.2, 0.25) is 0 Å². The van der Waals surface area contributed by atoms with E-state index >= 15 is 0 Å². The zero-order valence-corrected chi connectivity index (χ0v) is 23.1. The largest absolute Gasteiger partial charge is 0.487 e. The monoisotopic (exact) mass is 708 g/mol. The average molecular weight is 708 g/mol. The van der Waals surface area contributed by atoms with Crippen LogP contribution in [0.25, 0.3) is 6.08 Å². The number of hydrogen-bond donors (Lipinski definition) is 2. The minimum absolute atomic E-state index is 0.0918. The van der Waals surface area contributed by atoms with Gasteiger partial charge in [-0.05, 0) is 111 Å². The van der Waals surface area contributed by atoms with Crippen LogP contribution in [-0.2, 0) is 16.1 Å². The fourth-order valence-corrected chi connectivity index (χ4v) is 5.15. The van der Waals surface area contributed by atoms with E-state index in [1.807, 2.05) is 6.07 Å². The number of nitrogens with zero attached hydrogens (tertiary/aromatic N) is 1. The fourth-order valence-electron chi connectivity index (χ4n) is 3.02. The number of ether oxygens (including phenoxy) is 2. The Morgan fingerprint density at radius 1 is 1.00 bits per heavy atom. The van der Waals surface area contributed by atoms with E-state index < -0.39 is 17.8 Å². The fraction of sp³-hybridized carbons (Fsp3) is 0.0769. The average Bonchev–Trinajstić information content (AvgIpc) is 2.87. The summed E-state index contributed by atoms with van der Waals surface area (Å²) in [7, 11) is 1.28. The Balaban J connectivity index is 1.72. The van der Waals surface area contributed by atoms with Gasteiger partial charge in [-0.2, -0.15) is 5.26 Å². The van der Waals surface area contributed by atoms with Gasteiger partial charge in [-0.15, -0.1) is 0 Å². The third-order valence-electron chi connectivity index (χ3n) is 4.84. The smallest absolute Gasteiger partial charge is 0.337 e. The molecule has 0 radical (unpaired) electrons. The molecule has 36 heavy (non-hydrogen) atoms. The lowest BCUT2D eigenvalue weighted by Gasteiger charge is -2.12. The number of anilines is 1. The number of aromatic carboxylic acids is 1. The summed E-state index contributed by atoms with van der Waals surface area (Å²) >= 11 is 4.23. The minimum atomic E-state index is -0.989. The Kier molecular flexibility index (Phi) is 9.43. The minimum Gasteiger partial charge on any atom is -0.487 e. The van der Waals surface area contributed by atoms with Crippen LogP contribution in [0.4, 0.5) is 5.69 Å². The predicted molar refractivity (Wildman–Crippen MR) is 150 cm³/mol. The van der Waals surface area contributed by atoms with Crippen LogP contribution in [0.5, 0.6) is 5.75 Å². The van der Waals surface area contributed by atoms with Crippen molar-refractivity contribution in [2.24, 2.45) is 0 Å². The van der Waals surface area contributed by atoms with E-state index in [9.17, 15) is 19.6 Å². The maximum atomic E-state index is 12.6. The molecule has 0 spiro atoms. The van der Waals surface area contributed by atoms with Crippen molar-refractivity contribution in [1.29, 1.82) is 5.26 Å². The van der Waals surface area contributed by atoms with Crippen LogP contribution < -0.4 is 10.1 Å². The van der Waals surface area contributed by atoms with Gasteiger partial charge in [-0.25, -0.2) is 9.59 Å². The molecule has 0 saturated carbocycles. The summed E-state index contributed by atoms with van der Waals surface area (Å²) in [5.41, 5.74) is 2.35. The summed E-state index contributed by atoms with van der Waals surface area (Å²) < 4.78 is 12.2. The highest BCUT2D eigenvalue weighted by molar-refractivity contribution is 14.1. The molecule has 0 bridgehead atoms. The van der Waals surface area contributed by atoms with Gasteiger partial charge in [0.2, 0.25) is 0 Å². The van der Waals surface area contributed by atoms with Crippen molar-refractivity contribution in [3.05, 3.63) is 95.6 Å². The first-order valence-corrected chi connectivity index (χ1v) is 12.4. The molecule has 0 unspecified atom stereocenters. The van der Waals surface area contributed by atoms with Crippen molar-refractivity contribution in [1.82, 2.24) is 0 Å². The molecule has 0 aliphatic rings. The molecule has 0 aliphatic carbocycles. The molecule has 10 heteroatoms. The van der Waals surface area contributed by atoms with Gasteiger partial charge in [-0.3, -0.25) is 4.79 Å². The Hall–Kier alpha value is -3.44. The van der Waals surface area contributed by atoms with E-state index in [-0.39, 0.29) is 17.7 Å². The summed E-state index contributed by atoms with van der Waals surface area (Å²) in [6.45, 7) is 0.252. The van der Waals surface area contributed by atoms with E-state index in [1.165, 1.54) is 37.5 Å². The maximum Gasteiger partial charge on any atom is 0.337 e. The van der Waals surface area contributed by atoms with E-state index in [4.69, 9.17) is 9.84 Å². The van der Waals surface area contributed by atoms with Crippen LogP contribution in [0, 0.1) is 18.5 Å². The lowest BCUT2D eigenvalue weighted by Crippen LogP contribution is -2.13. The number of benzene rings is 3. The molecule has 0 heterocycles. The molecule has 0 fully saturated rings.